The molecule has 0 amide bonds. The molecule has 21 heavy (non-hydrogen) atoms. The molecule has 0 atom stereocenters. The predicted molar refractivity (Wildman–Crippen MR) is 88.3 cm³/mol. The van der Waals surface area contributed by atoms with Crippen molar-refractivity contribution in [2.75, 3.05) is 45.9 Å². The van der Waals surface area contributed by atoms with E-state index in [9.17, 15) is 0 Å². The van der Waals surface area contributed by atoms with Crippen LogP contribution in [0.5, 0.6) is 11.5 Å². The molecule has 0 aliphatic rings. The Morgan fingerprint density at radius 2 is 0.810 bits per heavy atom. The highest BCUT2D eigenvalue weighted by molar-refractivity contribution is 5.92. The largest absolute Gasteiger partial charge is 0.453 e. The van der Waals surface area contributed by atoms with E-state index in [1.54, 1.807) is 0 Å². The molecule has 2 rings (SSSR count). The van der Waals surface area contributed by atoms with Gasteiger partial charge < -0.3 is 50.6 Å². The third kappa shape index (κ3) is 2.16. The van der Waals surface area contributed by atoms with Crippen LogP contribution in [-0.4, -0.2) is 0 Å². The van der Waals surface area contributed by atoms with E-state index in [2.05, 4.69) is 0 Å². The zero-order valence-corrected chi connectivity index (χ0v) is 11.2. The summed E-state index contributed by atoms with van der Waals surface area (Å²) in [5.41, 5.74) is 47.3. The van der Waals surface area contributed by atoms with Crippen molar-refractivity contribution >= 4 is 45.5 Å². The van der Waals surface area contributed by atoms with Crippen LogP contribution in [0.25, 0.3) is 0 Å². The van der Waals surface area contributed by atoms with Crippen LogP contribution in [0.3, 0.4) is 0 Å². The number of hydrogen-bond acceptors (Lipinski definition) is 9. The predicted octanol–water partition coefficient (Wildman–Crippen LogP) is 0.137. The fraction of sp³-hybridized carbons (Fsp3) is 0. The van der Waals surface area contributed by atoms with Crippen LogP contribution in [0.1, 0.15) is 0 Å². The minimum absolute atomic E-state index is 0.125. The SMILES string of the molecule is Nc1cc(Oc2cc(N)c(N)c(N)c2N)c(N)c(N)c1N. The van der Waals surface area contributed by atoms with Crippen molar-refractivity contribution in [1.29, 1.82) is 0 Å². The summed E-state index contributed by atoms with van der Waals surface area (Å²) in [4.78, 5) is 0. The molecule has 16 N–H and O–H groups in total. The van der Waals surface area contributed by atoms with E-state index >= 15 is 0 Å². The van der Waals surface area contributed by atoms with Crippen molar-refractivity contribution in [1.82, 2.24) is 0 Å². The van der Waals surface area contributed by atoms with Gasteiger partial charge in [-0.3, -0.25) is 0 Å². The van der Waals surface area contributed by atoms with Gasteiger partial charge in [0, 0.05) is 12.1 Å². The summed E-state index contributed by atoms with van der Waals surface area (Å²) >= 11 is 0. The fourth-order valence-electron chi connectivity index (χ4n) is 1.75. The summed E-state index contributed by atoms with van der Waals surface area (Å²) in [5, 5.41) is 0. The molecule has 0 unspecified atom stereocenters. The molecule has 9 nitrogen and oxygen atoms in total. The second-order valence-corrected chi connectivity index (χ2v) is 4.51. The molecule has 2 aromatic rings. The normalized spacial score (nSPS) is 10.5. The van der Waals surface area contributed by atoms with E-state index < -0.39 is 0 Å². The van der Waals surface area contributed by atoms with Crippen molar-refractivity contribution in [3.8, 4) is 11.5 Å². The van der Waals surface area contributed by atoms with Crippen LogP contribution in [0, 0.1) is 0 Å². The average Bonchev–Trinajstić information content (AvgIpc) is 2.45. The molecule has 0 aliphatic carbocycles. The van der Waals surface area contributed by atoms with Crippen molar-refractivity contribution in [3.05, 3.63) is 12.1 Å². The maximum Gasteiger partial charge on any atom is 0.154 e. The molecule has 0 heterocycles. The quantitative estimate of drug-likeness (QED) is 0.352. The summed E-state index contributed by atoms with van der Waals surface area (Å²) in [6, 6.07) is 2.87. The van der Waals surface area contributed by atoms with E-state index in [0.29, 0.717) is 0 Å². The average molecular weight is 290 g/mol. The first kappa shape index (κ1) is 14.1. The van der Waals surface area contributed by atoms with E-state index in [0.717, 1.165) is 0 Å². The van der Waals surface area contributed by atoms with Crippen LogP contribution >= 0.6 is 0 Å². The van der Waals surface area contributed by atoms with Crippen molar-refractivity contribution < 1.29 is 4.74 Å². The van der Waals surface area contributed by atoms with Gasteiger partial charge in [-0.1, -0.05) is 0 Å². The Morgan fingerprint density at radius 3 is 1.14 bits per heavy atom. The highest BCUT2D eigenvalue weighted by atomic mass is 16.5. The lowest BCUT2D eigenvalue weighted by molar-refractivity contribution is 0.488. The molecule has 0 saturated carbocycles. The minimum Gasteiger partial charge on any atom is -0.453 e. The van der Waals surface area contributed by atoms with Gasteiger partial charge in [0.05, 0.1) is 34.1 Å². The summed E-state index contributed by atoms with van der Waals surface area (Å²) in [5.74, 6) is 0.379. The first-order valence-electron chi connectivity index (χ1n) is 5.87. The van der Waals surface area contributed by atoms with Crippen LogP contribution < -0.4 is 50.6 Å². The number of nitrogens with two attached hydrogens (primary N) is 8. The molecule has 2 aromatic carbocycles. The van der Waals surface area contributed by atoms with Crippen LogP contribution in [0.4, 0.5) is 45.5 Å². The Labute approximate surface area is 120 Å². The molecule has 112 valence electrons. The first-order chi connectivity index (χ1) is 9.73. The van der Waals surface area contributed by atoms with Gasteiger partial charge in [-0.15, -0.1) is 0 Å². The number of ether oxygens (including phenoxy) is 1. The fourth-order valence-corrected chi connectivity index (χ4v) is 1.75. The zero-order chi connectivity index (χ0) is 15.9. The summed E-state index contributed by atoms with van der Waals surface area (Å²) in [6.45, 7) is 0. The van der Waals surface area contributed by atoms with Crippen molar-refractivity contribution in [3.63, 3.8) is 0 Å². The van der Waals surface area contributed by atoms with Gasteiger partial charge in [0.1, 0.15) is 11.4 Å². The molecular weight excluding hydrogens is 272 g/mol. The topological polar surface area (TPSA) is 217 Å². The molecule has 0 radical (unpaired) electrons. The summed E-state index contributed by atoms with van der Waals surface area (Å²) in [6.07, 6.45) is 0. The Morgan fingerprint density at radius 1 is 0.476 bits per heavy atom. The molecule has 0 spiro atoms. The van der Waals surface area contributed by atoms with Crippen LogP contribution in [0.15, 0.2) is 12.1 Å². The summed E-state index contributed by atoms with van der Waals surface area (Å²) in [7, 11) is 0. The Kier molecular flexibility index (Phi) is 3.10. The molecular formula is C12H18N8O. The Bertz CT molecular complexity index is 667. The molecule has 9 heteroatoms. The van der Waals surface area contributed by atoms with Crippen LogP contribution in [0.2, 0.25) is 0 Å². The number of nitrogen functional groups attached to an aromatic ring is 8. The summed E-state index contributed by atoms with van der Waals surface area (Å²) < 4.78 is 5.59. The monoisotopic (exact) mass is 290 g/mol. The maximum absolute atomic E-state index is 5.84. The van der Waals surface area contributed by atoms with Gasteiger partial charge in [-0.05, 0) is 0 Å². The van der Waals surface area contributed by atoms with Crippen LogP contribution in [-0.2, 0) is 0 Å². The standard InChI is InChI=1S/C12H18N8O/c13-3-1-5(9(17)11(19)7(3)15)21-6-2-4(14)8(16)12(20)10(6)18/h1-2H,13-20H2. The van der Waals surface area contributed by atoms with Gasteiger partial charge in [0.2, 0.25) is 0 Å². The zero-order valence-electron chi connectivity index (χ0n) is 11.2. The van der Waals surface area contributed by atoms with Gasteiger partial charge in [0.15, 0.2) is 11.5 Å². The van der Waals surface area contributed by atoms with Crippen molar-refractivity contribution in [2.24, 2.45) is 0 Å². The van der Waals surface area contributed by atoms with Gasteiger partial charge >= 0.3 is 0 Å². The number of anilines is 8. The Hall–Kier alpha value is -3.36. The highest BCUT2D eigenvalue weighted by Gasteiger charge is 2.16. The third-order valence-corrected chi connectivity index (χ3v) is 3.11. The Balaban J connectivity index is 2.54. The third-order valence-electron chi connectivity index (χ3n) is 3.11. The highest BCUT2D eigenvalue weighted by Crippen LogP contribution is 2.43. The smallest absolute Gasteiger partial charge is 0.154 e. The molecule has 0 aliphatic heterocycles. The van der Waals surface area contributed by atoms with E-state index in [1.807, 2.05) is 0 Å². The van der Waals surface area contributed by atoms with Crippen molar-refractivity contribution in [2.45, 2.75) is 0 Å². The number of benzene rings is 2. The van der Waals surface area contributed by atoms with E-state index in [4.69, 9.17) is 50.6 Å². The molecule has 0 fully saturated rings. The first-order valence-corrected chi connectivity index (χ1v) is 5.87. The molecule has 0 saturated heterocycles. The number of hydrogen-bond donors (Lipinski definition) is 8. The second kappa shape index (κ2) is 4.63. The maximum atomic E-state index is 5.84. The van der Waals surface area contributed by atoms with E-state index in [-0.39, 0.29) is 57.0 Å². The molecule has 0 aromatic heterocycles. The lowest BCUT2D eigenvalue weighted by atomic mass is 10.1. The number of rotatable bonds is 2. The van der Waals surface area contributed by atoms with Gasteiger partial charge in [0.25, 0.3) is 0 Å². The molecule has 0 bridgehead atoms. The lowest BCUT2D eigenvalue weighted by Gasteiger charge is -2.17. The van der Waals surface area contributed by atoms with E-state index in [1.165, 1.54) is 12.1 Å². The lowest BCUT2D eigenvalue weighted by Crippen LogP contribution is -2.08. The van der Waals surface area contributed by atoms with Gasteiger partial charge in [-0.25, -0.2) is 0 Å². The van der Waals surface area contributed by atoms with Gasteiger partial charge in [-0.2, -0.15) is 0 Å². The second-order valence-electron chi connectivity index (χ2n) is 4.51. The minimum atomic E-state index is 0.125.